The molecule has 92 valence electrons. The van der Waals surface area contributed by atoms with Crippen LogP contribution in [-0.4, -0.2) is 13.2 Å². The minimum absolute atomic E-state index is 0.747. The summed E-state index contributed by atoms with van der Waals surface area (Å²) in [6, 6.07) is 9.02. The van der Waals surface area contributed by atoms with Crippen molar-refractivity contribution in [1.29, 1.82) is 0 Å². The van der Waals surface area contributed by atoms with Gasteiger partial charge in [0.2, 0.25) is 0 Å². The lowest BCUT2D eigenvalue weighted by Crippen LogP contribution is -2.15. The van der Waals surface area contributed by atoms with Crippen LogP contribution < -0.4 is 5.32 Å². The molecule has 1 aliphatic carbocycles. The first-order chi connectivity index (χ1) is 8.40. The molecule has 1 aromatic carbocycles. The molecular weight excluding hydrogens is 210 g/mol. The SMILES string of the molecule is C=COCCCNCc1ccc(C2CC2)cc1. The van der Waals surface area contributed by atoms with Gasteiger partial charge in [-0.25, -0.2) is 0 Å². The van der Waals surface area contributed by atoms with E-state index in [1.54, 1.807) is 0 Å². The zero-order valence-electron chi connectivity index (χ0n) is 10.3. The largest absolute Gasteiger partial charge is 0.502 e. The van der Waals surface area contributed by atoms with Crippen LogP contribution in [0.4, 0.5) is 0 Å². The Morgan fingerprint density at radius 1 is 1.29 bits per heavy atom. The molecule has 2 heteroatoms. The van der Waals surface area contributed by atoms with E-state index >= 15 is 0 Å². The number of ether oxygens (including phenoxy) is 1. The molecule has 2 rings (SSSR count). The maximum atomic E-state index is 5.06. The van der Waals surface area contributed by atoms with E-state index < -0.39 is 0 Å². The zero-order chi connectivity index (χ0) is 11.9. The predicted molar refractivity (Wildman–Crippen MR) is 70.9 cm³/mol. The van der Waals surface area contributed by atoms with Gasteiger partial charge in [-0.1, -0.05) is 30.8 Å². The van der Waals surface area contributed by atoms with Crippen molar-refractivity contribution in [1.82, 2.24) is 5.32 Å². The van der Waals surface area contributed by atoms with E-state index in [1.165, 1.54) is 30.2 Å². The van der Waals surface area contributed by atoms with Crippen molar-refractivity contribution >= 4 is 0 Å². The van der Waals surface area contributed by atoms with Crippen molar-refractivity contribution in [3.63, 3.8) is 0 Å². The molecule has 1 N–H and O–H groups in total. The highest BCUT2D eigenvalue weighted by molar-refractivity contribution is 5.27. The molecule has 1 saturated carbocycles. The monoisotopic (exact) mass is 231 g/mol. The van der Waals surface area contributed by atoms with Gasteiger partial charge in [0.15, 0.2) is 0 Å². The Balaban J connectivity index is 1.63. The van der Waals surface area contributed by atoms with Crippen LogP contribution in [0.3, 0.4) is 0 Å². The second-order valence-electron chi connectivity index (χ2n) is 4.58. The number of rotatable bonds is 8. The van der Waals surface area contributed by atoms with Crippen LogP contribution in [0.2, 0.25) is 0 Å². The van der Waals surface area contributed by atoms with Crippen LogP contribution in [0, 0.1) is 0 Å². The molecule has 0 amide bonds. The topological polar surface area (TPSA) is 21.3 Å². The quantitative estimate of drug-likeness (QED) is 0.548. The molecule has 0 spiro atoms. The third kappa shape index (κ3) is 4.23. The van der Waals surface area contributed by atoms with Gasteiger partial charge in [-0.2, -0.15) is 0 Å². The number of hydrogen-bond acceptors (Lipinski definition) is 2. The van der Waals surface area contributed by atoms with E-state index in [9.17, 15) is 0 Å². The first-order valence-corrected chi connectivity index (χ1v) is 6.42. The minimum Gasteiger partial charge on any atom is -0.502 e. The Morgan fingerprint density at radius 2 is 2.06 bits per heavy atom. The highest BCUT2D eigenvalue weighted by Crippen LogP contribution is 2.39. The molecule has 0 heterocycles. The van der Waals surface area contributed by atoms with Crippen molar-refractivity contribution in [2.45, 2.75) is 31.7 Å². The molecule has 0 atom stereocenters. The molecule has 1 fully saturated rings. The summed E-state index contributed by atoms with van der Waals surface area (Å²) in [5.74, 6) is 0.855. The average molecular weight is 231 g/mol. The third-order valence-corrected chi connectivity index (χ3v) is 3.09. The Hall–Kier alpha value is -1.28. The van der Waals surface area contributed by atoms with Gasteiger partial charge in [0.1, 0.15) is 0 Å². The van der Waals surface area contributed by atoms with E-state index in [4.69, 9.17) is 4.74 Å². The molecule has 0 unspecified atom stereocenters. The van der Waals surface area contributed by atoms with E-state index in [-0.39, 0.29) is 0 Å². The van der Waals surface area contributed by atoms with Crippen molar-refractivity contribution < 1.29 is 4.74 Å². The molecule has 0 saturated heterocycles. The van der Waals surface area contributed by atoms with Gasteiger partial charge >= 0.3 is 0 Å². The first kappa shape index (κ1) is 12.2. The molecule has 1 aromatic rings. The summed E-state index contributed by atoms with van der Waals surface area (Å²) >= 11 is 0. The predicted octanol–water partition coefficient (Wildman–Crippen LogP) is 3.20. The van der Waals surface area contributed by atoms with Crippen molar-refractivity contribution in [3.05, 3.63) is 48.2 Å². The Morgan fingerprint density at radius 3 is 2.71 bits per heavy atom. The van der Waals surface area contributed by atoms with E-state index in [2.05, 4.69) is 36.2 Å². The highest BCUT2D eigenvalue weighted by Gasteiger charge is 2.22. The first-order valence-electron chi connectivity index (χ1n) is 6.42. The summed E-state index contributed by atoms with van der Waals surface area (Å²) < 4.78 is 5.06. The summed E-state index contributed by atoms with van der Waals surface area (Å²) in [5, 5.41) is 3.41. The maximum Gasteiger partial charge on any atom is 0.0885 e. The summed E-state index contributed by atoms with van der Waals surface area (Å²) in [6.07, 6.45) is 5.27. The molecule has 0 aromatic heterocycles. The molecule has 17 heavy (non-hydrogen) atoms. The van der Waals surface area contributed by atoms with E-state index in [0.717, 1.165) is 32.0 Å². The Labute approximate surface area is 104 Å². The molecular formula is C15H21NO. The number of nitrogens with one attached hydrogen (secondary N) is 1. The zero-order valence-corrected chi connectivity index (χ0v) is 10.3. The summed E-state index contributed by atoms with van der Waals surface area (Å²) in [4.78, 5) is 0. The van der Waals surface area contributed by atoms with E-state index in [0.29, 0.717) is 0 Å². The Kier molecular flexibility index (Phi) is 4.63. The fourth-order valence-electron chi connectivity index (χ4n) is 1.92. The Bertz CT molecular complexity index is 340. The van der Waals surface area contributed by atoms with Crippen LogP contribution in [0.15, 0.2) is 37.1 Å². The van der Waals surface area contributed by atoms with Crippen LogP contribution in [0.1, 0.15) is 36.3 Å². The minimum atomic E-state index is 0.747. The van der Waals surface area contributed by atoms with Crippen molar-refractivity contribution in [2.24, 2.45) is 0 Å². The summed E-state index contributed by atoms with van der Waals surface area (Å²) in [6.45, 7) is 6.19. The highest BCUT2D eigenvalue weighted by atomic mass is 16.5. The normalized spacial score (nSPS) is 14.6. The van der Waals surface area contributed by atoms with Crippen LogP contribution in [-0.2, 0) is 11.3 Å². The number of hydrogen-bond donors (Lipinski definition) is 1. The van der Waals surface area contributed by atoms with Crippen LogP contribution in [0.5, 0.6) is 0 Å². The molecule has 1 aliphatic rings. The van der Waals surface area contributed by atoms with Gasteiger partial charge < -0.3 is 10.1 Å². The van der Waals surface area contributed by atoms with Crippen molar-refractivity contribution in [2.75, 3.05) is 13.2 Å². The maximum absolute atomic E-state index is 5.06. The van der Waals surface area contributed by atoms with Gasteiger partial charge in [-0.05, 0) is 42.9 Å². The van der Waals surface area contributed by atoms with Gasteiger partial charge in [0.05, 0.1) is 12.9 Å². The summed E-state index contributed by atoms with van der Waals surface area (Å²) in [5.41, 5.74) is 2.87. The fourth-order valence-corrected chi connectivity index (χ4v) is 1.92. The second-order valence-corrected chi connectivity index (χ2v) is 4.58. The van der Waals surface area contributed by atoms with Gasteiger partial charge in [-0.3, -0.25) is 0 Å². The fraction of sp³-hybridized carbons (Fsp3) is 0.467. The molecule has 0 aliphatic heterocycles. The molecule has 0 radical (unpaired) electrons. The lowest BCUT2D eigenvalue weighted by Gasteiger charge is -2.06. The lowest BCUT2D eigenvalue weighted by atomic mass is 10.1. The molecule has 2 nitrogen and oxygen atoms in total. The third-order valence-electron chi connectivity index (χ3n) is 3.09. The number of benzene rings is 1. The summed E-state index contributed by atoms with van der Waals surface area (Å²) in [7, 11) is 0. The second kappa shape index (κ2) is 6.45. The van der Waals surface area contributed by atoms with E-state index in [1.807, 2.05) is 0 Å². The smallest absolute Gasteiger partial charge is 0.0885 e. The van der Waals surface area contributed by atoms with Crippen LogP contribution >= 0.6 is 0 Å². The molecule has 0 bridgehead atoms. The van der Waals surface area contributed by atoms with Gasteiger partial charge in [0, 0.05) is 6.54 Å². The van der Waals surface area contributed by atoms with Crippen molar-refractivity contribution in [3.8, 4) is 0 Å². The standard InChI is InChI=1S/C15H21NO/c1-2-17-11-3-10-16-12-13-4-6-14(7-5-13)15-8-9-15/h2,4-7,15-16H,1,3,8-12H2. The van der Waals surface area contributed by atoms with Gasteiger partial charge in [0.25, 0.3) is 0 Å². The van der Waals surface area contributed by atoms with Crippen LogP contribution in [0.25, 0.3) is 0 Å². The lowest BCUT2D eigenvalue weighted by molar-refractivity contribution is 0.244. The average Bonchev–Trinajstić information content (AvgIpc) is 3.19. The van der Waals surface area contributed by atoms with Gasteiger partial charge in [-0.15, -0.1) is 0 Å².